The van der Waals surface area contributed by atoms with E-state index in [0.717, 1.165) is 17.7 Å². The summed E-state index contributed by atoms with van der Waals surface area (Å²) >= 11 is 0. The molecule has 0 aliphatic rings. The van der Waals surface area contributed by atoms with Crippen LogP contribution in [-0.4, -0.2) is 51.0 Å². The van der Waals surface area contributed by atoms with E-state index in [4.69, 9.17) is 0 Å². The average molecular weight is 516 g/mol. The zero-order chi connectivity index (χ0) is 20.5. The van der Waals surface area contributed by atoms with Crippen LogP contribution < -0.4 is 10.6 Å². The summed E-state index contributed by atoms with van der Waals surface area (Å²) in [5.41, 5.74) is 2.02. The summed E-state index contributed by atoms with van der Waals surface area (Å²) < 4.78 is 26.8. The van der Waals surface area contributed by atoms with Gasteiger partial charge in [0.1, 0.15) is 11.6 Å². The number of nitrogens with one attached hydrogen (secondary N) is 2. The summed E-state index contributed by atoms with van der Waals surface area (Å²) in [4.78, 5) is 17.7. The molecule has 29 heavy (non-hydrogen) atoms. The van der Waals surface area contributed by atoms with Crippen LogP contribution in [0.2, 0.25) is 0 Å². The first-order chi connectivity index (χ1) is 13.4. The number of rotatable bonds is 7. The van der Waals surface area contributed by atoms with Crippen molar-refractivity contribution in [1.29, 1.82) is 0 Å². The van der Waals surface area contributed by atoms with Crippen LogP contribution in [0.3, 0.4) is 0 Å². The molecule has 2 aromatic carbocycles. The fourth-order valence-corrected chi connectivity index (χ4v) is 2.71. The van der Waals surface area contributed by atoms with Crippen molar-refractivity contribution >= 4 is 35.8 Å². The first-order valence-corrected chi connectivity index (χ1v) is 9.09. The summed E-state index contributed by atoms with van der Waals surface area (Å²) in [7, 11) is 5.10. The van der Waals surface area contributed by atoms with Crippen molar-refractivity contribution in [3.8, 4) is 0 Å². The Kier molecular flexibility index (Phi) is 10.6. The molecule has 0 bridgehead atoms. The molecule has 0 heterocycles. The van der Waals surface area contributed by atoms with Crippen molar-refractivity contribution in [2.45, 2.75) is 12.8 Å². The van der Waals surface area contributed by atoms with E-state index < -0.39 is 11.6 Å². The Hall–Kier alpha value is -2.23. The lowest BCUT2D eigenvalue weighted by atomic mass is 10.1. The van der Waals surface area contributed by atoms with Gasteiger partial charge >= 0.3 is 0 Å². The molecule has 0 saturated carbocycles. The van der Waals surface area contributed by atoms with Crippen LogP contribution in [-0.2, 0) is 12.8 Å². The predicted molar refractivity (Wildman–Crippen MR) is 123 cm³/mol. The van der Waals surface area contributed by atoms with E-state index in [0.29, 0.717) is 43.0 Å². The van der Waals surface area contributed by atoms with Gasteiger partial charge in [-0.15, -0.1) is 24.0 Å². The number of aliphatic imine (C=N–C) groups is 1. The maximum absolute atomic E-state index is 13.6. The van der Waals surface area contributed by atoms with Gasteiger partial charge < -0.3 is 15.5 Å². The molecule has 0 aliphatic carbocycles. The van der Waals surface area contributed by atoms with Crippen molar-refractivity contribution in [2.24, 2.45) is 4.99 Å². The molecular weight excluding hydrogens is 489 g/mol. The second kappa shape index (κ2) is 12.4. The third-order valence-corrected chi connectivity index (χ3v) is 4.20. The molecule has 0 unspecified atom stereocenters. The third-order valence-electron chi connectivity index (χ3n) is 4.20. The zero-order valence-corrected chi connectivity index (χ0v) is 19.2. The Balaban J connectivity index is 0.00000420. The van der Waals surface area contributed by atoms with Crippen molar-refractivity contribution in [1.82, 2.24) is 15.5 Å². The minimum Gasteiger partial charge on any atom is -0.356 e. The van der Waals surface area contributed by atoms with Crippen molar-refractivity contribution in [3.05, 3.63) is 70.8 Å². The Labute approximate surface area is 187 Å². The van der Waals surface area contributed by atoms with E-state index in [2.05, 4.69) is 15.6 Å². The van der Waals surface area contributed by atoms with E-state index in [9.17, 15) is 13.6 Å². The number of amides is 1. The Bertz CT molecular complexity index is 843. The molecule has 1 amide bonds. The molecule has 0 spiro atoms. The Morgan fingerprint density at radius 1 is 1.03 bits per heavy atom. The number of hydrogen-bond donors (Lipinski definition) is 2. The molecule has 5 nitrogen and oxygen atoms in total. The molecule has 158 valence electrons. The van der Waals surface area contributed by atoms with Gasteiger partial charge in [-0.1, -0.05) is 12.1 Å². The molecule has 2 aromatic rings. The van der Waals surface area contributed by atoms with Gasteiger partial charge in [-0.2, -0.15) is 0 Å². The van der Waals surface area contributed by atoms with Gasteiger partial charge in [0.15, 0.2) is 5.96 Å². The minimum absolute atomic E-state index is 0. The normalized spacial score (nSPS) is 10.9. The number of carbonyl (C=O) groups excluding carboxylic acids is 1. The summed E-state index contributed by atoms with van der Waals surface area (Å²) in [6, 6.07) is 11.0. The molecule has 0 aromatic heterocycles. The summed E-state index contributed by atoms with van der Waals surface area (Å²) in [5.74, 6) is -0.318. The number of carbonyl (C=O) groups is 1. The fourth-order valence-electron chi connectivity index (χ4n) is 2.71. The largest absolute Gasteiger partial charge is 0.356 e. The molecule has 2 rings (SSSR count). The van der Waals surface area contributed by atoms with Crippen LogP contribution in [0.4, 0.5) is 8.78 Å². The highest BCUT2D eigenvalue weighted by Gasteiger charge is 2.08. The summed E-state index contributed by atoms with van der Waals surface area (Å²) in [6.45, 7) is 1.04. The van der Waals surface area contributed by atoms with Crippen LogP contribution >= 0.6 is 24.0 Å². The van der Waals surface area contributed by atoms with E-state index >= 15 is 0 Å². The molecule has 8 heteroatoms. The van der Waals surface area contributed by atoms with Crippen LogP contribution in [0.1, 0.15) is 21.5 Å². The highest BCUT2D eigenvalue weighted by atomic mass is 127. The maximum Gasteiger partial charge on any atom is 0.253 e. The van der Waals surface area contributed by atoms with Gasteiger partial charge in [-0.05, 0) is 54.3 Å². The Morgan fingerprint density at radius 2 is 1.72 bits per heavy atom. The van der Waals surface area contributed by atoms with Gasteiger partial charge in [0.2, 0.25) is 0 Å². The monoisotopic (exact) mass is 516 g/mol. The number of nitrogens with zero attached hydrogens (tertiary/aromatic N) is 2. The Morgan fingerprint density at radius 3 is 2.38 bits per heavy atom. The molecule has 0 aliphatic heterocycles. The predicted octanol–water partition coefficient (Wildman–Crippen LogP) is 3.23. The van der Waals surface area contributed by atoms with E-state index in [1.165, 1.54) is 6.07 Å². The second-order valence-electron chi connectivity index (χ2n) is 6.56. The van der Waals surface area contributed by atoms with Gasteiger partial charge in [0, 0.05) is 39.8 Å². The SMILES string of the molecule is CN=C(NCCc1cccc(C(=O)N(C)C)c1)NCCc1cc(F)ccc1F.I. The van der Waals surface area contributed by atoms with Gasteiger partial charge in [-0.3, -0.25) is 9.79 Å². The molecule has 0 atom stereocenters. The lowest BCUT2D eigenvalue weighted by Gasteiger charge is -2.13. The van der Waals surface area contributed by atoms with Crippen LogP contribution in [0.15, 0.2) is 47.5 Å². The molecule has 0 radical (unpaired) electrons. The first kappa shape index (κ1) is 24.8. The molecule has 0 fully saturated rings. The van der Waals surface area contributed by atoms with Crippen LogP contribution in [0, 0.1) is 11.6 Å². The second-order valence-corrected chi connectivity index (χ2v) is 6.56. The molecule has 0 saturated heterocycles. The first-order valence-electron chi connectivity index (χ1n) is 9.09. The molecular formula is C21H27F2IN4O. The number of halogens is 3. The quantitative estimate of drug-likeness (QED) is 0.338. The molecule has 2 N–H and O–H groups in total. The van der Waals surface area contributed by atoms with Gasteiger partial charge in [0.05, 0.1) is 0 Å². The number of guanidine groups is 1. The lowest BCUT2D eigenvalue weighted by molar-refractivity contribution is 0.0827. The van der Waals surface area contributed by atoms with Crippen molar-refractivity contribution in [3.63, 3.8) is 0 Å². The van der Waals surface area contributed by atoms with Crippen molar-refractivity contribution < 1.29 is 13.6 Å². The highest BCUT2D eigenvalue weighted by Crippen LogP contribution is 2.10. The third kappa shape index (κ3) is 7.96. The summed E-state index contributed by atoms with van der Waals surface area (Å²) in [6.07, 6.45) is 1.06. The number of hydrogen-bond acceptors (Lipinski definition) is 2. The van der Waals surface area contributed by atoms with Crippen LogP contribution in [0.25, 0.3) is 0 Å². The topological polar surface area (TPSA) is 56.7 Å². The highest BCUT2D eigenvalue weighted by molar-refractivity contribution is 14.0. The van der Waals surface area contributed by atoms with Crippen molar-refractivity contribution in [2.75, 3.05) is 34.2 Å². The van der Waals surface area contributed by atoms with Gasteiger partial charge in [0.25, 0.3) is 5.91 Å². The van der Waals surface area contributed by atoms with Gasteiger partial charge in [-0.25, -0.2) is 8.78 Å². The zero-order valence-electron chi connectivity index (χ0n) is 16.8. The number of benzene rings is 2. The minimum atomic E-state index is -0.450. The fraction of sp³-hybridized carbons (Fsp3) is 0.333. The van der Waals surface area contributed by atoms with Crippen LogP contribution in [0.5, 0.6) is 0 Å². The maximum atomic E-state index is 13.6. The van der Waals surface area contributed by atoms with E-state index in [1.807, 2.05) is 18.2 Å². The standard InChI is InChI=1S/C21H26F2N4O.HI/c1-24-21(26-12-10-16-14-18(22)7-8-19(16)23)25-11-9-15-5-4-6-17(13-15)20(28)27(2)3;/h4-8,13-14H,9-12H2,1-3H3,(H2,24,25,26);1H. The lowest BCUT2D eigenvalue weighted by Crippen LogP contribution is -2.39. The smallest absolute Gasteiger partial charge is 0.253 e. The van der Waals surface area contributed by atoms with E-state index in [-0.39, 0.29) is 29.9 Å². The summed E-state index contributed by atoms with van der Waals surface area (Å²) in [5, 5.41) is 6.26. The van der Waals surface area contributed by atoms with E-state index in [1.54, 1.807) is 32.1 Å². The average Bonchev–Trinajstić information content (AvgIpc) is 2.68.